The fraction of sp³-hybridized carbons (Fsp3) is 0.632. The van der Waals surface area contributed by atoms with Gasteiger partial charge in [0.2, 0.25) is 0 Å². The average Bonchev–Trinajstić information content (AvgIpc) is 2.61. The van der Waals surface area contributed by atoms with Crippen LogP contribution in [0.15, 0.2) is 24.3 Å². The van der Waals surface area contributed by atoms with Crippen molar-refractivity contribution in [2.75, 3.05) is 52.5 Å². The first kappa shape index (κ1) is 17.5. The molecule has 0 unspecified atom stereocenters. The molecule has 1 aromatic carbocycles. The minimum absolute atomic E-state index is 0.102. The van der Waals surface area contributed by atoms with Crippen molar-refractivity contribution in [1.82, 2.24) is 9.80 Å². The van der Waals surface area contributed by atoms with Crippen LogP contribution < -0.4 is 0 Å². The summed E-state index contributed by atoms with van der Waals surface area (Å²) < 4.78 is 18.3. The maximum atomic E-state index is 12.9. The van der Waals surface area contributed by atoms with Crippen LogP contribution in [-0.4, -0.2) is 68.1 Å². The Morgan fingerprint density at radius 1 is 1.12 bits per heavy atom. The van der Waals surface area contributed by atoms with Gasteiger partial charge in [-0.3, -0.25) is 9.69 Å². The number of rotatable bonds is 6. The molecule has 2 heterocycles. The van der Waals surface area contributed by atoms with Gasteiger partial charge in [0.05, 0.1) is 13.2 Å². The molecule has 0 spiro atoms. The number of carbonyl (C=O) groups is 1. The van der Waals surface area contributed by atoms with Crippen LogP contribution in [0.4, 0.5) is 4.39 Å². The number of ketones is 1. The molecule has 1 aromatic rings. The van der Waals surface area contributed by atoms with Crippen molar-refractivity contribution in [3.05, 3.63) is 35.6 Å². The molecule has 1 atom stereocenters. The Morgan fingerprint density at radius 2 is 1.88 bits per heavy atom. The van der Waals surface area contributed by atoms with Crippen molar-refractivity contribution in [3.63, 3.8) is 0 Å². The molecule has 132 valence electrons. The van der Waals surface area contributed by atoms with E-state index in [9.17, 15) is 9.18 Å². The van der Waals surface area contributed by atoms with E-state index in [0.29, 0.717) is 17.9 Å². The quantitative estimate of drug-likeness (QED) is 0.748. The van der Waals surface area contributed by atoms with Gasteiger partial charge in [0.15, 0.2) is 5.78 Å². The third-order valence-electron chi connectivity index (χ3n) is 5.04. The average molecular weight is 334 g/mol. The van der Waals surface area contributed by atoms with Gasteiger partial charge in [-0.1, -0.05) is 0 Å². The third-order valence-corrected chi connectivity index (χ3v) is 5.04. The van der Waals surface area contributed by atoms with Crippen LogP contribution in [0.1, 0.15) is 29.6 Å². The SMILES string of the molecule is O=C(CCN1CCC[C@H](CN2CCOCC2)C1)c1ccc(F)cc1. The Bertz CT molecular complexity index is 529. The number of likely N-dealkylation sites (tertiary alicyclic amines) is 1. The normalized spacial score (nSPS) is 23.3. The van der Waals surface area contributed by atoms with Crippen LogP contribution >= 0.6 is 0 Å². The van der Waals surface area contributed by atoms with Crippen molar-refractivity contribution in [2.24, 2.45) is 5.92 Å². The number of carbonyl (C=O) groups excluding carboxylic acids is 1. The van der Waals surface area contributed by atoms with E-state index in [4.69, 9.17) is 4.74 Å². The lowest BCUT2D eigenvalue weighted by atomic mass is 9.96. The number of ether oxygens (including phenoxy) is 1. The second kappa shape index (κ2) is 8.70. The van der Waals surface area contributed by atoms with Crippen molar-refractivity contribution in [2.45, 2.75) is 19.3 Å². The Kier molecular flexibility index (Phi) is 6.35. The lowest BCUT2D eigenvalue weighted by Gasteiger charge is -2.36. The zero-order valence-electron chi connectivity index (χ0n) is 14.3. The van der Waals surface area contributed by atoms with Crippen molar-refractivity contribution in [1.29, 1.82) is 0 Å². The predicted octanol–water partition coefficient (Wildman–Crippen LogP) is 2.44. The molecule has 0 bridgehead atoms. The second-order valence-electron chi connectivity index (χ2n) is 6.90. The number of piperidine rings is 1. The molecule has 3 rings (SSSR count). The molecule has 0 saturated carbocycles. The van der Waals surface area contributed by atoms with Crippen LogP contribution in [0.2, 0.25) is 0 Å². The summed E-state index contributed by atoms with van der Waals surface area (Å²) in [7, 11) is 0. The number of nitrogens with zero attached hydrogens (tertiary/aromatic N) is 2. The summed E-state index contributed by atoms with van der Waals surface area (Å²) in [4.78, 5) is 17.1. The van der Waals surface area contributed by atoms with E-state index in [1.165, 1.54) is 25.0 Å². The number of halogens is 1. The summed E-state index contributed by atoms with van der Waals surface area (Å²) in [6, 6.07) is 5.86. The molecular formula is C19H27FN2O2. The summed E-state index contributed by atoms with van der Waals surface area (Å²) in [5.41, 5.74) is 0.610. The molecule has 0 radical (unpaired) electrons. The summed E-state index contributed by atoms with van der Waals surface area (Å²) in [5.74, 6) is 0.497. The molecule has 2 fully saturated rings. The molecule has 5 heteroatoms. The number of morpholine rings is 1. The second-order valence-corrected chi connectivity index (χ2v) is 6.90. The van der Waals surface area contributed by atoms with Crippen LogP contribution in [0.25, 0.3) is 0 Å². The van der Waals surface area contributed by atoms with Crippen LogP contribution in [0.3, 0.4) is 0 Å². The summed E-state index contributed by atoms with van der Waals surface area (Å²) in [6.07, 6.45) is 3.00. The highest BCUT2D eigenvalue weighted by Crippen LogP contribution is 2.19. The topological polar surface area (TPSA) is 32.8 Å². The zero-order valence-corrected chi connectivity index (χ0v) is 14.3. The molecule has 0 aromatic heterocycles. The highest BCUT2D eigenvalue weighted by atomic mass is 19.1. The minimum atomic E-state index is -0.298. The van der Waals surface area contributed by atoms with Crippen LogP contribution in [0, 0.1) is 11.7 Å². The highest BCUT2D eigenvalue weighted by Gasteiger charge is 2.23. The van der Waals surface area contributed by atoms with E-state index in [0.717, 1.165) is 52.5 Å². The lowest BCUT2D eigenvalue weighted by Crippen LogP contribution is -2.44. The molecular weight excluding hydrogens is 307 g/mol. The molecule has 2 saturated heterocycles. The van der Waals surface area contributed by atoms with E-state index < -0.39 is 0 Å². The van der Waals surface area contributed by atoms with E-state index in [1.54, 1.807) is 12.1 Å². The van der Waals surface area contributed by atoms with Gasteiger partial charge in [-0.2, -0.15) is 0 Å². The third kappa shape index (κ3) is 5.10. The Balaban J connectivity index is 1.43. The first-order valence-corrected chi connectivity index (χ1v) is 9.02. The maximum Gasteiger partial charge on any atom is 0.164 e. The molecule has 24 heavy (non-hydrogen) atoms. The van der Waals surface area contributed by atoms with E-state index in [1.807, 2.05) is 0 Å². The Labute approximate surface area is 143 Å². The standard InChI is InChI=1S/C19H27FN2O2/c20-18-5-3-17(4-6-18)19(23)7-9-21-8-1-2-16(14-21)15-22-10-12-24-13-11-22/h3-6,16H,1-2,7-15H2/t16-/m0/s1. The maximum absolute atomic E-state index is 12.9. The number of hydrogen-bond acceptors (Lipinski definition) is 4. The first-order valence-electron chi connectivity index (χ1n) is 9.02. The van der Waals surface area contributed by atoms with Gasteiger partial charge in [-0.25, -0.2) is 4.39 Å². The lowest BCUT2D eigenvalue weighted by molar-refractivity contribution is 0.0228. The van der Waals surface area contributed by atoms with Crippen LogP contribution in [0.5, 0.6) is 0 Å². The molecule has 0 N–H and O–H groups in total. The molecule has 4 nitrogen and oxygen atoms in total. The van der Waals surface area contributed by atoms with E-state index in [-0.39, 0.29) is 11.6 Å². The molecule has 2 aliphatic heterocycles. The van der Waals surface area contributed by atoms with Crippen molar-refractivity contribution >= 4 is 5.78 Å². The highest BCUT2D eigenvalue weighted by molar-refractivity contribution is 5.96. The van der Waals surface area contributed by atoms with Gasteiger partial charge >= 0.3 is 0 Å². The predicted molar refractivity (Wildman–Crippen MR) is 91.8 cm³/mol. The summed E-state index contributed by atoms with van der Waals surface area (Å²) in [6.45, 7) is 7.89. The summed E-state index contributed by atoms with van der Waals surface area (Å²) in [5, 5.41) is 0. The molecule has 0 aliphatic carbocycles. The number of Topliss-reactive ketones (excluding diaryl/α,β-unsaturated/α-hetero) is 1. The van der Waals surface area contributed by atoms with Gasteiger partial charge in [0, 0.05) is 44.7 Å². The number of benzene rings is 1. The molecule has 0 amide bonds. The largest absolute Gasteiger partial charge is 0.379 e. The van der Waals surface area contributed by atoms with Crippen molar-refractivity contribution in [3.8, 4) is 0 Å². The van der Waals surface area contributed by atoms with E-state index >= 15 is 0 Å². The fourth-order valence-electron chi connectivity index (χ4n) is 3.69. The first-order chi connectivity index (χ1) is 11.7. The van der Waals surface area contributed by atoms with Gasteiger partial charge in [-0.15, -0.1) is 0 Å². The smallest absolute Gasteiger partial charge is 0.164 e. The van der Waals surface area contributed by atoms with Crippen molar-refractivity contribution < 1.29 is 13.9 Å². The zero-order chi connectivity index (χ0) is 16.8. The fourth-order valence-corrected chi connectivity index (χ4v) is 3.69. The summed E-state index contributed by atoms with van der Waals surface area (Å²) >= 11 is 0. The Hall–Kier alpha value is -1.30. The monoisotopic (exact) mass is 334 g/mol. The van der Waals surface area contributed by atoms with Crippen LogP contribution in [-0.2, 0) is 4.74 Å². The number of hydrogen-bond donors (Lipinski definition) is 0. The van der Waals surface area contributed by atoms with Gasteiger partial charge in [0.25, 0.3) is 0 Å². The van der Waals surface area contributed by atoms with Gasteiger partial charge in [0.1, 0.15) is 5.82 Å². The van der Waals surface area contributed by atoms with Gasteiger partial charge in [-0.05, 0) is 49.6 Å². The Morgan fingerprint density at radius 3 is 2.62 bits per heavy atom. The minimum Gasteiger partial charge on any atom is -0.379 e. The molecule has 2 aliphatic rings. The van der Waals surface area contributed by atoms with Gasteiger partial charge < -0.3 is 9.64 Å². The van der Waals surface area contributed by atoms with E-state index in [2.05, 4.69) is 9.80 Å².